The molecule has 1 N–H and O–H groups in total. The van der Waals surface area contributed by atoms with E-state index in [4.69, 9.17) is 4.74 Å². The Kier molecular flexibility index (Phi) is 5.52. The zero-order valence-electron chi connectivity index (χ0n) is 11.7. The zero-order chi connectivity index (χ0) is 15.3. The maximum Gasteiger partial charge on any atom is 0.305 e. The first kappa shape index (κ1) is 16.5. The number of rotatable bonds is 7. The molecule has 0 fully saturated rings. The molecule has 0 unspecified atom stereocenters. The molecule has 0 aromatic heterocycles. The van der Waals surface area contributed by atoms with E-state index >= 15 is 0 Å². The van der Waals surface area contributed by atoms with Crippen molar-refractivity contribution in [1.29, 1.82) is 0 Å². The lowest BCUT2D eigenvalue weighted by molar-refractivity contribution is -0.387. The highest BCUT2D eigenvalue weighted by Gasteiger charge is 2.20. The second kappa shape index (κ2) is 6.71. The van der Waals surface area contributed by atoms with E-state index in [1.165, 1.54) is 0 Å². The van der Waals surface area contributed by atoms with Crippen molar-refractivity contribution in [3.63, 3.8) is 0 Å². The highest BCUT2D eigenvalue weighted by atomic mass is 19.1. The molecule has 112 valence electrons. The Hall–Kier alpha value is -1.60. The molecule has 0 radical (unpaired) electrons. The summed E-state index contributed by atoms with van der Waals surface area (Å²) in [5.74, 6) is -1.99. The van der Waals surface area contributed by atoms with Gasteiger partial charge in [0.05, 0.1) is 10.5 Å². The molecule has 0 bridgehead atoms. The van der Waals surface area contributed by atoms with Gasteiger partial charge in [0, 0.05) is 37.4 Å². The van der Waals surface area contributed by atoms with Crippen LogP contribution in [0.15, 0.2) is 12.1 Å². The van der Waals surface area contributed by atoms with E-state index in [1.807, 2.05) is 20.8 Å². The maximum atomic E-state index is 13.5. The molecule has 0 aliphatic rings. The molecule has 20 heavy (non-hydrogen) atoms. The molecule has 0 amide bonds. The van der Waals surface area contributed by atoms with E-state index in [0.717, 1.165) is 6.07 Å². The number of hydrogen-bond donors (Lipinski definition) is 1. The molecule has 0 aliphatic carbocycles. The Morgan fingerprint density at radius 2 is 2.00 bits per heavy atom. The van der Waals surface area contributed by atoms with E-state index in [2.05, 4.69) is 5.32 Å². The van der Waals surface area contributed by atoms with Crippen molar-refractivity contribution in [2.75, 3.05) is 13.2 Å². The van der Waals surface area contributed by atoms with Gasteiger partial charge < -0.3 is 10.1 Å². The Labute approximate surface area is 116 Å². The van der Waals surface area contributed by atoms with Gasteiger partial charge in [-0.1, -0.05) is 0 Å². The Balaban J connectivity index is 2.73. The molecule has 0 aliphatic heterocycles. The Morgan fingerprint density at radius 3 is 2.55 bits per heavy atom. The third kappa shape index (κ3) is 4.50. The smallest absolute Gasteiger partial charge is 0.305 e. The van der Waals surface area contributed by atoms with Crippen LogP contribution in [-0.2, 0) is 11.3 Å². The van der Waals surface area contributed by atoms with Crippen molar-refractivity contribution in [2.45, 2.75) is 32.9 Å². The van der Waals surface area contributed by atoms with E-state index in [0.29, 0.717) is 19.2 Å². The lowest BCUT2D eigenvalue weighted by Gasteiger charge is -2.25. The standard InChI is InChI=1S/C13H18F2N2O3/c1-4-20-13(2,3)8-16-7-9-5-12(17(18)19)11(15)6-10(9)14/h5-6,16H,4,7-8H2,1-3H3. The molecule has 7 heteroatoms. The van der Waals surface area contributed by atoms with Crippen LogP contribution in [0.25, 0.3) is 0 Å². The minimum Gasteiger partial charge on any atom is -0.375 e. The lowest BCUT2D eigenvalue weighted by Crippen LogP contribution is -2.37. The molecule has 1 aromatic rings. The second-order valence-electron chi connectivity index (χ2n) is 4.95. The topological polar surface area (TPSA) is 64.4 Å². The highest BCUT2D eigenvalue weighted by Crippen LogP contribution is 2.21. The van der Waals surface area contributed by atoms with Gasteiger partial charge in [-0.15, -0.1) is 0 Å². The Morgan fingerprint density at radius 1 is 1.35 bits per heavy atom. The number of nitro benzene ring substituents is 1. The van der Waals surface area contributed by atoms with Gasteiger partial charge in [-0.3, -0.25) is 10.1 Å². The average Bonchev–Trinajstić information content (AvgIpc) is 2.31. The summed E-state index contributed by atoms with van der Waals surface area (Å²) in [6.45, 7) is 6.64. The van der Waals surface area contributed by atoms with Crippen LogP contribution < -0.4 is 5.32 Å². The highest BCUT2D eigenvalue weighted by molar-refractivity contribution is 5.37. The van der Waals surface area contributed by atoms with Crippen LogP contribution in [0.3, 0.4) is 0 Å². The fourth-order valence-electron chi connectivity index (χ4n) is 1.80. The van der Waals surface area contributed by atoms with Gasteiger partial charge in [0.2, 0.25) is 5.82 Å². The molecule has 0 atom stereocenters. The van der Waals surface area contributed by atoms with Crippen LogP contribution in [0.4, 0.5) is 14.5 Å². The van der Waals surface area contributed by atoms with Gasteiger partial charge in [0.15, 0.2) is 0 Å². The van der Waals surface area contributed by atoms with Crippen LogP contribution in [0.1, 0.15) is 26.3 Å². The van der Waals surface area contributed by atoms with Crippen molar-refractivity contribution in [3.8, 4) is 0 Å². The van der Waals surface area contributed by atoms with Gasteiger partial charge >= 0.3 is 5.69 Å². The van der Waals surface area contributed by atoms with Gasteiger partial charge in [0.25, 0.3) is 0 Å². The third-order valence-corrected chi connectivity index (χ3v) is 2.71. The number of hydrogen-bond acceptors (Lipinski definition) is 4. The Bertz CT molecular complexity index is 493. The summed E-state index contributed by atoms with van der Waals surface area (Å²) in [5.41, 5.74) is -1.12. The lowest BCUT2D eigenvalue weighted by atomic mass is 10.1. The van der Waals surface area contributed by atoms with Gasteiger partial charge in [-0.25, -0.2) is 4.39 Å². The minimum absolute atomic E-state index is 0.0467. The first-order valence-corrected chi connectivity index (χ1v) is 6.24. The van der Waals surface area contributed by atoms with Crippen LogP contribution >= 0.6 is 0 Å². The normalized spacial score (nSPS) is 11.7. The van der Waals surface area contributed by atoms with Crippen molar-refractivity contribution in [1.82, 2.24) is 5.32 Å². The number of ether oxygens (including phenoxy) is 1. The molecule has 1 aromatic carbocycles. The van der Waals surface area contributed by atoms with Crippen LogP contribution in [0, 0.1) is 21.7 Å². The summed E-state index contributed by atoms with van der Waals surface area (Å²) >= 11 is 0. The molecule has 0 saturated heterocycles. The number of nitro groups is 1. The minimum atomic E-state index is -1.18. The summed E-state index contributed by atoms with van der Waals surface area (Å²) < 4.78 is 32.2. The predicted octanol–water partition coefficient (Wildman–Crippen LogP) is 2.78. The first-order valence-electron chi connectivity index (χ1n) is 6.24. The molecule has 0 spiro atoms. The quantitative estimate of drug-likeness (QED) is 0.619. The SMILES string of the molecule is CCOC(C)(C)CNCc1cc([N+](=O)[O-])c(F)cc1F. The average molecular weight is 288 g/mol. The van der Waals surface area contributed by atoms with Gasteiger partial charge in [-0.05, 0) is 20.8 Å². The number of halogens is 2. The van der Waals surface area contributed by atoms with Crippen molar-refractivity contribution < 1.29 is 18.4 Å². The fraction of sp³-hybridized carbons (Fsp3) is 0.538. The van der Waals surface area contributed by atoms with Gasteiger partial charge in [-0.2, -0.15) is 4.39 Å². The van der Waals surface area contributed by atoms with Crippen molar-refractivity contribution >= 4 is 5.69 Å². The molecular weight excluding hydrogens is 270 g/mol. The monoisotopic (exact) mass is 288 g/mol. The summed E-state index contributed by atoms with van der Waals surface area (Å²) in [6, 6.07) is 1.44. The molecule has 0 heterocycles. The van der Waals surface area contributed by atoms with Crippen LogP contribution in [-0.4, -0.2) is 23.7 Å². The van der Waals surface area contributed by atoms with E-state index in [9.17, 15) is 18.9 Å². The summed E-state index contributed by atoms with van der Waals surface area (Å²) in [5, 5.41) is 13.5. The summed E-state index contributed by atoms with van der Waals surface area (Å²) in [6.07, 6.45) is 0. The predicted molar refractivity (Wildman–Crippen MR) is 70.4 cm³/mol. The largest absolute Gasteiger partial charge is 0.375 e. The van der Waals surface area contributed by atoms with Gasteiger partial charge in [0.1, 0.15) is 5.82 Å². The third-order valence-electron chi connectivity index (χ3n) is 2.71. The number of nitrogens with one attached hydrogen (secondary N) is 1. The molecular formula is C13H18F2N2O3. The van der Waals surface area contributed by atoms with Crippen LogP contribution in [0.5, 0.6) is 0 Å². The molecule has 1 rings (SSSR count). The number of nitrogens with zero attached hydrogens (tertiary/aromatic N) is 1. The van der Waals surface area contributed by atoms with E-state index in [-0.39, 0.29) is 12.1 Å². The van der Waals surface area contributed by atoms with E-state index in [1.54, 1.807) is 0 Å². The van der Waals surface area contributed by atoms with Crippen LogP contribution in [0.2, 0.25) is 0 Å². The zero-order valence-corrected chi connectivity index (χ0v) is 11.7. The van der Waals surface area contributed by atoms with Crippen molar-refractivity contribution in [3.05, 3.63) is 39.4 Å². The van der Waals surface area contributed by atoms with Crippen molar-refractivity contribution in [2.24, 2.45) is 0 Å². The maximum absolute atomic E-state index is 13.5. The summed E-state index contributed by atoms with van der Waals surface area (Å²) in [7, 11) is 0. The second-order valence-corrected chi connectivity index (χ2v) is 4.95. The fourth-order valence-corrected chi connectivity index (χ4v) is 1.80. The molecule has 0 saturated carbocycles. The van der Waals surface area contributed by atoms with E-state index < -0.39 is 27.8 Å². The summed E-state index contributed by atoms with van der Waals surface area (Å²) in [4.78, 5) is 9.73. The molecule has 5 nitrogen and oxygen atoms in total. The first-order chi connectivity index (χ1) is 9.26. The number of benzene rings is 1.